The first-order chi connectivity index (χ1) is 16.4. The minimum Gasteiger partial charge on any atom is -0.467 e. The van der Waals surface area contributed by atoms with Crippen LogP contribution in [0.5, 0.6) is 0 Å². The van der Waals surface area contributed by atoms with E-state index in [2.05, 4.69) is 5.32 Å². The maximum absolute atomic E-state index is 14.6. The Morgan fingerprint density at radius 2 is 1.97 bits per heavy atom. The molecule has 0 unspecified atom stereocenters. The number of carbonyl (C=O) groups excluding carboxylic acids is 2. The number of rotatable bonds is 3. The van der Waals surface area contributed by atoms with Crippen LogP contribution in [0.3, 0.4) is 0 Å². The second-order valence-corrected chi connectivity index (χ2v) is 10.7. The molecular formula is C25H20FN3O3S2. The maximum atomic E-state index is 14.6. The molecule has 2 fully saturated rings. The van der Waals surface area contributed by atoms with Crippen LogP contribution in [0.15, 0.2) is 71.3 Å². The zero-order valence-electron chi connectivity index (χ0n) is 18.2. The Bertz CT molecular complexity index is 1330. The van der Waals surface area contributed by atoms with E-state index in [1.54, 1.807) is 24.5 Å². The number of thioether (sulfide) groups is 1. The van der Waals surface area contributed by atoms with Crippen LogP contribution < -0.4 is 5.32 Å². The molecule has 2 spiro atoms. The number of likely N-dealkylation sites (tertiary alicyclic amines) is 1. The van der Waals surface area contributed by atoms with Crippen molar-refractivity contribution in [1.82, 2.24) is 9.80 Å². The molecule has 6 rings (SSSR count). The van der Waals surface area contributed by atoms with Crippen LogP contribution >= 0.6 is 24.0 Å². The van der Waals surface area contributed by atoms with Gasteiger partial charge in [-0.05, 0) is 42.9 Å². The second-order valence-electron chi connectivity index (χ2n) is 8.77. The molecule has 9 heteroatoms. The summed E-state index contributed by atoms with van der Waals surface area (Å²) < 4.78 is 19.1. The van der Waals surface area contributed by atoms with Crippen molar-refractivity contribution in [2.45, 2.75) is 22.7 Å². The number of carbonyl (C=O) groups is 2. The predicted molar refractivity (Wildman–Crippen MR) is 131 cm³/mol. The lowest BCUT2D eigenvalue weighted by Gasteiger charge is -2.41. The van der Waals surface area contributed by atoms with Crippen LogP contribution in [-0.4, -0.2) is 44.3 Å². The minimum atomic E-state index is -1.44. The van der Waals surface area contributed by atoms with Crippen molar-refractivity contribution < 1.29 is 18.4 Å². The maximum Gasteiger partial charge on any atom is 0.251 e. The first kappa shape index (κ1) is 21.5. The predicted octanol–water partition coefficient (Wildman–Crippen LogP) is 4.09. The molecule has 0 radical (unpaired) electrons. The number of fused-ring (bicyclic) bond motifs is 3. The molecule has 0 bridgehead atoms. The lowest BCUT2D eigenvalue weighted by atomic mass is 9.72. The average molecular weight is 494 g/mol. The van der Waals surface area contributed by atoms with Crippen molar-refractivity contribution in [2.24, 2.45) is 0 Å². The number of nitrogens with one attached hydrogen (secondary N) is 1. The zero-order chi connectivity index (χ0) is 23.7. The molecule has 0 aliphatic carbocycles. The van der Waals surface area contributed by atoms with Gasteiger partial charge in [0.1, 0.15) is 20.6 Å². The molecule has 2 amide bonds. The summed E-state index contributed by atoms with van der Waals surface area (Å²) in [4.78, 5) is 31.7. The van der Waals surface area contributed by atoms with Crippen LogP contribution in [0.1, 0.15) is 22.8 Å². The smallest absolute Gasteiger partial charge is 0.251 e. The number of anilines is 1. The highest BCUT2D eigenvalue weighted by Gasteiger charge is 2.77. The topological polar surface area (TPSA) is 65.8 Å². The quantitative estimate of drug-likeness (QED) is 0.555. The Morgan fingerprint density at radius 3 is 2.71 bits per heavy atom. The fourth-order valence-electron chi connectivity index (χ4n) is 5.77. The van der Waals surface area contributed by atoms with Gasteiger partial charge >= 0.3 is 0 Å². The summed E-state index contributed by atoms with van der Waals surface area (Å²) in [5.74, 6) is -0.864. The van der Waals surface area contributed by atoms with Crippen molar-refractivity contribution in [1.29, 1.82) is 0 Å². The summed E-state index contributed by atoms with van der Waals surface area (Å²) in [5, 5.41) is 2.91. The Kier molecular flexibility index (Phi) is 4.74. The zero-order valence-corrected chi connectivity index (χ0v) is 19.8. The average Bonchev–Trinajstić information content (AvgIpc) is 3.56. The van der Waals surface area contributed by atoms with E-state index in [4.69, 9.17) is 16.6 Å². The third kappa shape index (κ3) is 2.63. The molecule has 1 aromatic heterocycles. The van der Waals surface area contributed by atoms with Crippen LogP contribution in [0.4, 0.5) is 10.1 Å². The van der Waals surface area contributed by atoms with E-state index in [1.807, 2.05) is 42.3 Å². The number of thiocarbonyl (C=S) groups is 1. The third-order valence-electron chi connectivity index (χ3n) is 7.13. The van der Waals surface area contributed by atoms with Crippen molar-refractivity contribution in [3.05, 3.63) is 89.6 Å². The Hall–Kier alpha value is -3.01. The molecular weight excluding hydrogens is 473 g/mol. The molecule has 3 aliphatic heterocycles. The van der Waals surface area contributed by atoms with Crippen LogP contribution in [0.25, 0.3) is 0 Å². The number of hydrogen-bond donors (Lipinski definition) is 1. The molecule has 4 heterocycles. The van der Waals surface area contributed by atoms with Gasteiger partial charge in [-0.3, -0.25) is 19.4 Å². The Morgan fingerprint density at radius 1 is 1.18 bits per heavy atom. The summed E-state index contributed by atoms with van der Waals surface area (Å²) in [7, 11) is 1.82. The summed E-state index contributed by atoms with van der Waals surface area (Å²) in [5.41, 5.74) is 0.457. The first-order valence-corrected chi connectivity index (χ1v) is 12.1. The van der Waals surface area contributed by atoms with E-state index in [-0.39, 0.29) is 24.3 Å². The van der Waals surface area contributed by atoms with Crippen LogP contribution in [0, 0.1) is 5.82 Å². The summed E-state index contributed by atoms with van der Waals surface area (Å²) in [6.45, 7) is 0.585. The van der Waals surface area contributed by atoms with E-state index in [0.717, 1.165) is 5.56 Å². The van der Waals surface area contributed by atoms with Gasteiger partial charge in [-0.2, -0.15) is 0 Å². The van der Waals surface area contributed by atoms with Crippen LogP contribution in [-0.2, 0) is 21.7 Å². The highest BCUT2D eigenvalue weighted by atomic mass is 32.2. The molecule has 172 valence electrons. The van der Waals surface area contributed by atoms with Gasteiger partial charge < -0.3 is 9.73 Å². The van der Waals surface area contributed by atoms with Gasteiger partial charge in [-0.25, -0.2) is 4.39 Å². The molecule has 2 saturated heterocycles. The number of likely N-dealkylation sites (N-methyl/N-ethyl adjacent to an activating group) is 1. The summed E-state index contributed by atoms with van der Waals surface area (Å²) in [6, 6.07) is 17.4. The molecule has 3 aromatic rings. The van der Waals surface area contributed by atoms with E-state index in [1.165, 1.54) is 28.8 Å². The highest BCUT2D eigenvalue weighted by Crippen LogP contribution is 2.65. The van der Waals surface area contributed by atoms with Gasteiger partial charge in [0, 0.05) is 23.7 Å². The third-order valence-corrected chi connectivity index (χ3v) is 9.07. The number of nitrogens with zero attached hydrogens (tertiary/aromatic N) is 2. The lowest BCUT2D eigenvalue weighted by Crippen LogP contribution is -2.61. The fraction of sp³-hybridized carbons (Fsp3) is 0.240. The molecule has 0 saturated carbocycles. The van der Waals surface area contributed by atoms with E-state index >= 15 is 0 Å². The molecule has 34 heavy (non-hydrogen) atoms. The van der Waals surface area contributed by atoms with Gasteiger partial charge in [-0.15, -0.1) is 0 Å². The van der Waals surface area contributed by atoms with E-state index in [0.29, 0.717) is 27.9 Å². The SMILES string of the molecule is CN1C[C@@H](c2ccccc2)[C@@]2(SC(=S)N(Cc3ccco3)C2=O)[C@]12C(=O)Nc1ccc(F)cc12. The van der Waals surface area contributed by atoms with Crippen LogP contribution in [0.2, 0.25) is 0 Å². The molecule has 3 aliphatic rings. The standard InChI is InChI=1S/C25H20FN3O3S2/c1-28-14-19(15-6-3-2-4-7-15)25(22(31)29(23(33)34-25)13-17-8-5-11-32-17)24(28)18-12-16(26)9-10-20(18)27-21(24)30/h2-12,19H,13-14H2,1H3,(H,27,30)/t19-,24-,25-/m0/s1. The first-order valence-electron chi connectivity index (χ1n) is 10.8. The fourth-order valence-corrected chi connectivity index (χ4v) is 7.90. The van der Waals surface area contributed by atoms with Gasteiger partial charge in [0.15, 0.2) is 5.54 Å². The van der Waals surface area contributed by atoms with E-state index < -0.39 is 16.1 Å². The normalized spacial score (nSPS) is 28.4. The number of halogens is 1. The van der Waals surface area contributed by atoms with Gasteiger partial charge in [-0.1, -0.05) is 54.3 Å². The molecule has 6 nitrogen and oxygen atoms in total. The van der Waals surface area contributed by atoms with E-state index in [9.17, 15) is 14.0 Å². The monoisotopic (exact) mass is 493 g/mol. The van der Waals surface area contributed by atoms with Gasteiger partial charge in [0.25, 0.3) is 5.91 Å². The Balaban J connectivity index is 1.60. The van der Waals surface area contributed by atoms with Crippen molar-refractivity contribution in [2.75, 3.05) is 18.9 Å². The number of benzene rings is 2. The van der Waals surface area contributed by atoms with Crippen molar-refractivity contribution >= 4 is 45.8 Å². The van der Waals surface area contributed by atoms with Crippen molar-refractivity contribution in [3.63, 3.8) is 0 Å². The van der Waals surface area contributed by atoms with Gasteiger partial charge in [0.05, 0.1) is 12.8 Å². The number of furan rings is 1. The molecule has 3 atom stereocenters. The molecule has 2 aromatic carbocycles. The molecule has 1 N–H and O–H groups in total. The lowest BCUT2D eigenvalue weighted by molar-refractivity contribution is -0.138. The summed E-state index contributed by atoms with van der Waals surface area (Å²) >= 11 is 6.96. The van der Waals surface area contributed by atoms with Gasteiger partial charge in [0.2, 0.25) is 5.91 Å². The largest absolute Gasteiger partial charge is 0.467 e. The van der Waals surface area contributed by atoms with Crippen molar-refractivity contribution in [3.8, 4) is 0 Å². The Labute approximate surface area is 205 Å². The number of amides is 2. The minimum absolute atomic E-state index is 0.165. The second kappa shape index (κ2) is 7.49. The summed E-state index contributed by atoms with van der Waals surface area (Å²) in [6.07, 6.45) is 1.54. The number of hydrogen-bond acceptors (Lipinski definition) is 6. The highest BCUT2D eigenvalue weighted by molar-refractivity contribution is 8.25.